The molecule has 10 nitrogen and oxygen atoms in total. The highest BCUT2D eigenvalue weighted by Crippen LogP contribution is 2.24. The Morgan fingerprint density at radius 1 is 1.17 bits per heavy atom. The zero-order valence-electron chi connectivity index (χ0n) is 21.6. The van der Waals surface area contributed by atoms with E-state index in [0.717, 1.165) is 0 Å². The fourth-order valence-corrected chi connectivity index (χ4v) is 3.37. The summed E-state index contributed by atoms with van der Waals surface area (Å²) in [6, 6.07) is 7.02. The van der Waals surface area contributed by atoms with Crippen molar-refractivity contribution in [1.29, 1.82) is 10.7 Å². The van der Waals surface area contributed by atoms with Gasteiger partial charge < -0.3 is 15.4 Å². The van der Waals surface area contributed by atoms with Crippen LogP contribution in [0.3, 0.4) is 0 Å². The van der Waals surface area contributed by atoms with Crippen molar-refractivity contribution >= 4 is 34.4 Å². The van der Waals surface area contributed by atoms with Crippen molar-refractivity contribution in [2.45, 2.75) is 53.8 Å². The fraction of sp³-hybridized carbons (Fsp3) is 0.385. The van der Waals surface area contributed by atoms with Crippen molar-refractivity contribution in [1.82, 2.24) is 19.9 Å². The quantitative estimate of drug-likeness (QED) is 0.352. The van der Waals surface area contributed by atoms with Gasteiger partial charge in [-0.25, -0.2) is 9.97 Å². The van der Waals surface area contributed by atoms with Crippen LogP contribution < -0.4 is 10.6 Å². The lowest BCUT2D eigenvalue weighted by atomic mass is 9.98. The van der Waals surface area contributed by atoms with E-state index in [-0.39, 0.29) is 35.1 Å². The highest BCUT2D eigenvalue weighted by molar-refractivity contribution is 6.14. The zero-order chi connectivity index (χ0) is 26.8. The molecule has 0 aliphatic heterocycles. The summed E-state index contributed by atoms with van der Waals surface area (Å²) in [5.41, 5.74) is 1.61. The molecule has 188 valence electrons. The second-order valence-corrected chi connectivity index (χ2v) is 10.5. The number of hydrogen-bond donors (Lipinski definition) is 3. The highest BCUT2D eigenvalue weighted by Gasteiger charge is 2.26. The second-order valence-electron chi connectivity index (χ2n) is 10.5. The Labute approximate surface area is 210 Å². The number of carbonyl (C=O) groups excluding carboxylic acids is 2. The monoisotopic (exact) mass is 489 g/mol. The Bertz CT molecular complexity index is 1390. The van der Waals surface area contributed by atoms with Crippen LogP contribution in [-0.4, -0.2) is 44.7 Å². The normalized spacial score (nSPS) is 11.6. The summed E-state index contributed by atoms with van der Waals surface area (Å²) >= 11 is 0. The molecule has 0 fully saturated rings. The molecule has 2 heterocycles. The van der Waals surface area contributed by atoms with Gasteiger partial charge >= 0.3 is 5.97 Å². The van der Waals surface area contributed by atoms with Gasteiger partial charge in [-0.3, -0.25) is 19.6 Å². The van der Waals surface area contributed by atoms with Crippen LogP contribution in [0.2, 0.25) is 0 Å². The Balaban J connectivity index is 2.09. The van der Waals surface area contributed by atoms with Crippen LogP contribution in [-0.2, 0) is 16.3 Å². The van der Waals surface area contributed by atoms with Gasteiger partial charge in [-0.05, 0) is 59.7 Å². The third kappa shape index (κ3) is 5.68. The highest BCUT2D eigenvalue weighted by atomic mass is 16.5. The molecule has 0 spiro atoms. The van der Waals surface area contributed by atoms with Gasteiger partial charge in [0.05, 0.1) is 34.5 Å². The number of rotatable bonds is 6. The Kier molecular flexibility index (Phi) is 7.15. The number of carbonyl (C=O) groups is 2. The smallest absolute Gasteiger partial charge is 0.312 e. The first-order chi connectivity index (χ1) is 16.7. The van der Waals surface area contributed by atoms with Gasteiger partial charge in [0.25, 0.3) is 5.91 Å². The predicted octanol–water partition coefficient (Wildman–Crippen LogP) is 3.84. The summed E-state index contributed by atoms with van der Waals surface area (Å²) in [5, 5.41) is 23.9. The van der Waals surface area contributed by atoms with E-state index in [0.29, 0.717) is 22.5 Å². The Morgan fingerprint density at radius 2 is 1.86 bits per heavy atom. The van der Waals surface area contributed by atoms with Crippen molar-refractivity contribution in [2.75, 3.05) is 12.4 Å². The molecule has 0 bridgehead atoms. The molecule has 36 heavy (non-hydrogen) atoms. The summed E-state index contributed by atoms with van der Waals surface area (Å²) in [7, 11) is 1.70. The first-order valence-electron chi connectivity index (χ1n) is 11.4. The molecular weight excluding hydrogens is 458 g/mol. The molecule has 3 aromatic rings. The van der Waals surface area contributed by atoms with E-state index < -0.39 is 16.9 Å². The maximum absolute atomic E-state index is 13.1. The van der Waals surface area contributed by atoms with Crippen molar-refractivity contribution < 1.29 is 14.3 Å². The lowest BCUT2D eigenvalue weighted by molar-refractivity contribution is -0.156. The predicted molar refractivity (Wildman–Crippen MR) is 137 cm³/mol. The van der Waals surface area contributed by atoms with E-state index in [1.807, 2.05) is 20.8 Å². The van der Waals surface area contributed by atoms with Gasteiger partial charge in [0.1, 0.15) is 11.2 Å². The fourth-order valence-electron chi connectivity index (χ4n) is 3.37. The summed E-state index contributed by atoms with van der Waals surface area (Å²) in [5.74, 6) is -0.752. The number of amides is 1. The van der Waals surface area contributed by atoms with Gasteiger partial charge in [0.2, 0.25) is 0 Å². The average Bonchev–Trinajstić information content (AvgIpc) is 3.17. The number of aromatic nitrogens is 3. The van der Waals surface area contributed by atoms with Gasteiger partial charge in [-0.2, -0.15) is 5.26 Å². The number of benzene rings is 1. The molecule has 3 N–H and O–H groups in total. The van der Waals surface area contributed by atoms with Gasteiger partial charge in [-0.15, -0.1) is 0 Å². The minimum absolute atomic E-state index is 0.0762. The van der Waals surface area contributed by atoms with E-state index in [4.69, 9.17) is 10.1 Å². The number of nitriles is 1. The van der Waals surface area contributed by atoms with Crippen LogP contribution in [0.25, 0.3) is 11.2 Å². The molecule has 0 radical (unpaired) electrons. The topological polar surface area (TPSA) is 146 Å². The van der Waals surface area contributed by atoms with Gasteiger partial charge in [0, 0.05) is 30.0 Å². The largest absolute Gasteiger partial charge is 0.443 e. The minimum Gasteiger partial charge on any atom is -0.443 e. The van der Waals surface area contributed by atoms with Crippen molar-refractivity contribution in [3.8, 4) is 6.07 Å². The van der Waals surface area contributed by atoms with Crippen LogP contribution in [0.4, 0.5) is 5.69 Å². The van der Waals surface area contributed by atoms with E-state index in [9.17, 15) is 14.9 Å². The third-order valence-electron chi connectivity index (χ3n) is 5.19. The molecule has 1 amide bonds. The number of ether oxygens (including phenoxy) is 1. The number of nitrogens with one attached hydrogen (secondary N) is 3. The van der Waals surface area contributed by atoms with E-state index in [1.54, 1.807) is 56.8 Å². The second kappa shape index (κ2) is 9.77. The molecule has 0 saturated heterocycles. The molecule has 1 aromatic carbocycles. The lowest BCUT2D eigenvalue weighted by Gasteiger charge is -2.20. The maximum atomic E-state index is 13.1. The summed E-state index contributed by atoms with van der Waals surface area (Å²) in [4.78, 5) is 34.5. The van der Waals surface area contributed by atoms with Crippen LogP contribution in [0.5, 0.6) is 0 Å². The van der Waals surface area contributed by atoms with Gasteiger partial charge in [-0.1, -0.05) is 0 Å². The molecule has 2 aromatic heterocycles. The standard InChI is InChI=1S/C26H31N7O3/c1-25(2,3)24(35)36-14-33-13-17(23(34)32-26(4,5)6)21-22(33)30-12-19(31-21)20(28)16-9-8-15(11-27)10-18(16)29-7/h8-10,12-13,28-29H,14H2,1-7H3,(H,32,34). The lowest BCUT2D eigenvalue weighted by Crippen LogP contribution is -2.40. The molecule has 0 unspecified atom stereocenters. The number of fused-ring (bicyclic) bond motifs is 1. The molecule has 0 saturated carbocycles. The molecule has 0 aliphatic carbocycles. The van der Waals surface area contributed by atoms with Crippen molar-refractivity contribution in [2.24, 2.45) is 5.41 Å². The van der Waals surface area contributed by atoms with E-state index >= 15 is 0 Å². The summed E-state index contributed by atoms with van der Waals surface area (Å²) in [6.45, 7) is 10.7. The minimum atomic E-state index is -0.685. The van der Waals surface area contributed by atoms with Crippen molar-refractivity contribution in [3.63, 3.8) is 0 Å². The molecule has 10 heteroatoms. The van der Waals surface area contributed by atoms with E-state index in [2.05, 4.69) is 26.7 Å². The molecule has 3 rings (SSSR count). The number of nitrogens with zero attached hydrogens (tertiary/aromatic N) is 4. The number of hydrogen-bond acceptors (Lipinski definition) is 8. The Morgan fingerprint density at radius 3 is 2.44 bits per heavy atom. The summed E-state index contributed by atoms with van der Waals surface area (Å²) < 4.78 is 6.99. The van der Waals surface area contributed by atoms with E-state index in [1.165, 1.54) is 6.20 Å². The van der Waals surface area contributed by atoms with Gasteiger partial charge in [0.15, 0.2) is 12.4 Å². The first kappa shape index (κ1) is 26.3. The molecular formula is C26H31N7O3. The van der Waals surface area contributed by atoms with Crippen LogP contribution in [0.15, 0.2) is 30.6 Å². The molecule has 0 atom stereocenters. The number of esters is 1. The SMILES string of the molecule is CNc1cc(C#N)ccc1C(=N)c1cnc2c(n1)c(C(=O)NC(C)(C)C)cn2COC(=O)C(C)(C)C. The summed E-state index contributed by atoms with van der Waals surface area (Å²) in [6.07, 6.45) is 2.99. The average molecular weight is 490 g/mol. The van der Waals surface area contributed by atoms with Crippen LogP contribution in [0, 0.1) is 22.2 Å². The van der Waals surface area contributed by atoms with Crippen molar-refractivity contribution in [3.05, 3.63) is 53.0 Å². The maximum Gasteiger partial charge on any atom is 0.312 e. The Hall–Kier alpha value is -4.26. The molecule has 0 aliphatic rings. The van der Waals surface area contributed by atoms with Crippen LogP contribution in [0.1, 0.15) is 68.7 Å². The van der Waals surface area contributed by atoms with Crippen LogP contribution >= 0.6 is 0 Å². The number of anilines is 1. The first-order valence-corrected chi connectivity index (χ1v) is 11.4. The zero-order valence-corrected chi connectivity index (χ0v) is 21.6. The third-order valence-corrected chi connectivity index (χ3v) is 5.19.